The fourth-order valence-corrected chi connectivity index (χ4v) is 2.20. The molecule has 0 aliphatic carbocycles. The van der Waals surface area contributed by atoms with E-state index in [0.29, 0.717) is 11.7 Å². The number of phenols is 1. The van der Waals surface area contributed by atoms with E-state index in [1.54, 1.807) is 6.07 Å². The molecule has 0 unspecified atom stereocenters. The Hall–Kier alpha value is -1.96. The molecule has 0 spiro atoms. The molecule has 0 atom stereocenters. The van der Waals surface area contributed by atoms with Gasteiger partial charge >= 0.3 is 0 Å². The van der Waals surface area contributed by atoms with E-state index < -0.39 is 0 Å². The average molecular weight is 255 g/mol. The molecule has 0 heterocycles. The minimum absolute atomic E-state index is 0.319. The highest BCUT2D eigenvalue weighted by molar-refractivity contribution is 5.50. The highest BCUT2D eigenvalue weighted by Crippen LogP contribution is 2.22. The van der Waals surface area contributed by atoms with Crippen molar-refractivity contribution in [1.82, 2.24) is 0 Å². The summed E-state index contributed by atoms with van der Waals surface area (Å²) in [5.41, 5.74) is 2.35. The van der Waals surface area contributed by atoms with Gasteiger partial charge in [0.2, 0.25) is 0 Å². The lowest BCUT2D eigenvalue weighted by Crippen LogP contribution is -2.26. The normalized spacial score (nSPS) is 10.7. The lowest BCUT2D eigenvalue weighted by Gasteiger charge is -2.27. The van der Waals surface area contributed by atoms with Crippen molar-refractivity contribution in [2.24, 2.45) is 5.92 Å². The topological polar surface area (TPSA) is 23.5 Å². The maximum atomic E-state index is 9.64. The molecule has 0 aliphatic heterocycles. The van der Waals surface area contributed by atoms with Crippen LogP contribution in [0.2, 0.25) is 0 Å². The molecule has 0 aliphatic rings. The molecule has 0 radical (unpaired) electrons. The van der Waals surface area contributed by atoms with Crippen LogP contribution in [0.1, 0.15) is 19.4 Å². The van der Waals surface area contributed by atoms with Crippen LogP contribution in [0.15, 0.2) is 54.6 Å². The van der Waals surface area contributed by atoms with Crippen molar-refractivity contribution in [3.8, 4) is 5.75 Å². The fourth-order valence-electron chi connectivity index (χ4n) is 2.20. The van der Waals surface area contributed by atoms with Gasteiger partial charge in [0.15, 0.2) is 0 Å². The number of aromatic hydroxyl groups is 1. The van der Waals surface area contributed by atoms with Crippen LogP contribution >= 0.6 is 0 Å². The summed E-state index contributed by atoms with van der Waals surface area (Å²) in [6, 6.07) is 17.9. The Balaban J connectivity index is 2.21. The van der Waals surface area contributed by atoms with Gasteiger partial charge in [0.05, 0.1) is 0 Å². The molecule has 1 N–H and O–H groups in total. The Labute approximate surface area is 115 Å². The molecule has 0 aromatic heterocycles. The molecule has 0 saturated carbocycles. The van der Waals surface area contributed by atoms with Gasteiger partial charge in [0.1, 0.15) is 5.75 Å². The fraction of sp³-hybridized carbons (Fsp3) is 0.294. The third-order valence-corrected chi connectivity index (χ3v) is 3.00. The van der Waals surface area contributed by atoms with E-state index in [-0.39, 0.29) is 0 Å². The van der Waals surface area contributed by atoms with Gasteiger partial charge in [-0.05, 0) is 23.6 Å². The minimum Gasteiger partial charge on any atom is -0.508 e. The first-order chi connectivity index (χ1) is 9.15. The molecule has 2 aromatic carbocycles. The minimum atomic E-state index is 0.319. The summed E-state index contributed by atoms with van der Waals surface area (Å²) < 4.78 is 0. The van der Waals surface area contributed by atoms with Crippen molar-refractivity contribution in [3.05, 3.63) is 60.2 Å². The number of nitrogens with zero attached hydrogens (tertiary/aromatic N) is 1. The van der Waals surface area contributed by atoms with Crippen LogP contribution in [0.25, 0.3) is 0 Å². The third kappa shape index (κ3) is 4.02. The van der Waals surface area contributed by atoms with Gasteiger partial charge in [-0.2, -0.15) is 0 Å². The first-order valence-corrected chi connectivity index (χ1v) is 6.73. The van der Waals surface area contributed by atoms with Crippen molar-refractivity contribution in [1.29, 1.82) is 0 Å². The van der Waals surface area contributed by atoms with E-state index in [1.165, 1.54) is 5.56 Å². The molecule has 2 nitrogen and oxygen atoms in total. The molecule has 2 aromatic rings. The average Bonchev–Trinajstić information content (AvgIpc) is 2.39. The zero-order valence-corrected chi connectivity index (χ0v) is 11.6. The summed E-state index contributed by atoms with van der Waals surface area (Å²) in [5, 5.41) is 9.64. The van der Waals surface area contributed by atoms with Gasteiger partial charge in [-0.25, -0.2) is 0 Å². The van der Waals surface area contributed by atoms with Crippen LogP contribution in [0.3, 0.4) is 0 Å². The predicted molar refractivity (Wildman–Crippen MR) is 80.4 cm³/mol. The second kappa shape index (κ2) is 6.28. The monoisotopic (exact) mass is 255 g/mol. The van der Waals surface area contributed by atoms with Gasteiger partial charge < -0.3 is 10.0 Å². The first-order valence-electron chi connectivity index (χ1n) is 6.73. The second-order valence-electron chi connectivity index (χ2n) is 5.28. The molecule has 2 rings (SSSR count). The van der Waals surface area contributed by atoms with Crippen LogP contribution in [0.5, 0.6) is 5.75 Å². The number of hydrogen-bond donors (Lipinski definition) is 1. The maximum Gasteiger partial charge on any atom is 0.117 e. The summed E-state index contributed by atoms with van der Waals surface area (Å²) in [7, 11) is 0. The molecular weight excluding hydrogens is 234 g/mol. The Morgan fingerprint density at radius 3 is 2.37 bits per heavy atom. The Kier molecular flexibility index (Phi) is 4.45. The smallest absolute Gasteiger partial charge is 0.117 e. The Morgan fingerprint density at radius 1 is 1.00 bits per heavy atom. The van der Waals surface area contributed by atoms with Crippen LogP contribution < -0.4 is 4.90 Å². The van der Waals surface area contributed by atoms with Crippen molar-refractivity contribution in [2.75, 3.05) is 11.4 Å². The van der Waals surface area contributed by atoms with Crippen LogP contribution in [0.4, 0.5) is 5.69 Å². The van der Waals surface area contributed by atoms with Crippen molar-refractivity contribution in [3.63, 3.8) is 0 Å². The van der Waals surface area contributed by atoms with Gasteiger partial charge in [-0.3, -0.25) is 0 Å². The van der Waals surface area contributed by atoms with E-state index in [1.807, 2.05) is 24.3 Å². The molecule has 2 heteroatoms. The second-order valence-corrected chi connectivity index (χ2v) is 5.28. The Morgan fingerprint density at radius 2 is 1.74 bits per heavy atom. The van der Waals surface area contributed by atoms with E-state index in [9.17, 15) is 5.11 Å². The van der Waals surface area contributed by atoms with Crippen LogP contribution in [0, 0.1) is 5.92 Å². The van der Waals surface area contributed by atoms with Crippen LogP contribution in [-0.4, -0.2) is 11.7 Å². The van der Waals surface area contributed by atoms with E-state index in [0.717, 1.165) is 18.8 Å². The Bertz CT molecular complexity index is 508. The van der Waals surface area contributed by atoms with Gasteiger partial charge in [0, 0.05) is 24.8 Å². The summed E-state index contributed by atoms with van der Waals surface area (Å²) in [6.45, 7) is 6.25. The summed E-state index contributed by atoms with van der Waals surface area (Å²) in [4.78, 5) is 2.31. The predicted octanol–water partition coefficient (Wildman–Crippen LogP) is 4.05. The molecule has 0 bridgehead atoms. The quantitative estimate of drug-likeness (QED) is 0.871. The van der Waals surface area contributed by atoms with E-state index in [2.05, 4.69) is 43.0 Å². The summed E-state index contributed by atoms with van der Waals surface area (Å²) in [6.07, 6.45) is 0. The van der Waals surface area contributed by atoms with Crippen molar-refractivity contribution in [2.45, 2.75) is 20.4 Å². The standard InChI is InChI=1S/C17H21NO/c1-14(2)12-18(13-15-7-4-3-5-8-15)16-9-6-10-17(19)11-16/h3-11,14,19H,12-13H2,1-2H3. The first kappa shape index (κ1) is 13.5. The highest BCUT2D eigenvalue weighted by Gasteiger charge is 2.09. The molecule has 0 saturated heterocycles. The zero-order valence-electron chi connectivity index (χ0n) is 11.6. The number of anilines is 1. The summed E-state index contributed by atoms with van der Waals surface area (Å²) in [5.74, 6) is 0.894. The SMILES string of the molecule is CC(C)CN(Cc1ccccc1)c1cccc(O)c1. The van der Waals surface area contributed by atoms with E-state index >= 15 is 0 Å². The van der Waals surface area contributed by atoms with Crippen molar-refractivity contribution < 1.29 is 5.11 Å². The largest absolute Gasteiger partial charge is 0.508 e. The molecule has 0 fully saturated rings. The van der Waals surface area contributed by atoms with Gasteiger partial charge in [-0.15, -0.1) is 0 Å². The summed E-state index contributed by atoms with van der Waals surface area (Å²) >= 11 is 0. The van der Waals surface area contributed by atoms with E-state index in [4.69, 9.17) is 0 Å². The highest BCUT2D eigenvalue weighted by atomic mass is 16.3. The number of hydrogen-bond acceptors (Lipinski definition) is 2. The number of benzene rings is 2. The maximum absolute atomic E-state index is 9.64. The third-order valence-electron chi connectivity index (χ3n) is 3.00. The molecule has 0 amide bonds. The van der Waals surface area contributed by atoms with Gasteiger partial charge in [-0.1, -0.05) is 50.2 Å². The lowest BCUT2D eigenvalue weighted by atomic mass is 10.1. The zero-order chi connectivity index (χ0) is 13.7. The van der Waals surface area contributed by atoms with Crippen molar-refractivity contribution >= 4 is 5.69 Å². The van der Waals surface area contributed by atoms with Gasteiger partial charge in [0.25, 0.3) is 0 Å². The molecule has 100 valence electrons. The molecular formula is C17H21NO. The number of rotatable bonds is 5. The lowest BCUT2D eigenvalue weighted by molar-refractivity contribution is 0.475. The van der Waals surface area contributed by atoms with Crippen LogP contribution in [-0.2, 0) is 6.54 Å². The number of phenolic OH excluding ortho intramolecular Hbond substituents is 1. The molecule has 19 heavy (non-hydrogen) atoms.